The van der Waals surface area contributed by atoms with Crippen molar-refractivity contribution < 1.29 is 32.3 Å². The second-order valence-electron chi connectivity index (χ2n) is 6.22. The number of thiazole rings is 1. The van der Waals surface area contributed by atoms with Crippen LogP contribution in [0, 0.1) is 5.82 Å². The molecule has 11 heteroatoms. The average molecular weight is 461 g/mol. The molecule has 1 heterocycles. The first-order chi connectivity index (χ1) is 14.0. The van der Waals surface area contributed by atoms with Crippen molar-refractivity contribution in [2.45, 2.75) is 25.6 Å². The van der Waals surface area contributed by atoms with E-state index in [9.17, 15) is 32.3 Å². The first-order valence-corrected chi connectivity index (χ1v) is 9.72. The number of carbonyl (C=O) groups excluding carboxylic acids is 1. The van der Waals surface area contributed by atoms with Gasteiger partial charge in [-0.1, -0.05) is 35.9 Å². The van der Waals surface area contributed by atoms with Gasteiger partial charge in [-0.2, -0.15) is 18.2 Å². The Balaban J connectivity index is 2.24. The van der Waals surface area contributed by atoms with Gasteiger partial charge in [0.1, 0.15) is 6.04 Å². The molecule has 1 atom stereocenters. The Bertz CT molecular complexity index is 1220. The molecule has 0 bridgehead atoms. The third-order valence-corrected chi connectivity index (χ3v) is 5.66. The van der Waals surface area contributed by atoms with Gasteiger partial charge < -0.3 is 9.67 Å². The highest BCUT2D eigenvalue weighted by molar-refractivity contribution is 7.16. The zero-order chi connectivity index (χ0) is 22.2. The Kier molecular flexibility index (Phi) is 6.00. The number of carbonyl (C=O) groups is 2. The number of nitrogens with zero attached hydrogens (tertiary/aromatic N) is 2. The lowest BCUT2D eigenvalue weighted by molar-refractivity contribution is -0.141. The Labute approximate surface area is 175 Å². The molecule has 0 spiro atoms. The molecule has 0 aliphatic heterocycles. The third-order valence-electron chi connectivity index (χ3n) is 4.31. The number of carboxylic acids is 1. The summed E-state index contributed by atoms with van der Waals surface area (Å²) in [6.45, 7) is 1.58. The van der Waals surface area contributed by atoms with Gasteiger partial charge in [0.05, 0.1) is 20.8 Å². The van der Waals surface area contributed by atoms with Crippen LogP contribution in [0.2, 0.25) is 5.02 Å². The van der Waals surface area contributed by atoms with Crippen molar-refractivity contribution in [3.8, 4) is 0 Å². The van der Waals surface area contributed by atoms with Crippen molar-refractivity contribution in [1.29, 1.82) is 0 Å². The maximum atomic E-state index is 14.5. The summed E-state index contributed by atoms with van der Waals surface area (Å²) in [6.07, 6.45) is -4.55. The molecule has 0 fully saturated rings. The van der Waals surface area contributed by atoms with Crippen molar-refractivity contribution in [3.63, 3.8) is 0 Å². The standard InChI is InChI=1S/C19H13ClF4N2O3S/c1-2-12(17(28)29)26-13-7-6-11(20)14(21)15(13)30-18(26)25-16(27)9-4-3-5-10(8-9)19(22,23)24/h3-8,12H,2H2,1H3,(H,28,29). The highest BCUT2D eigenvalue weighted by Gasteiger charge is 2.31. The summed E-state index contributed by atoms with van der Waals surface area (Å²) in [6, 6.07) is 5.15. The molecule has 1 aromatic heterocycles. The SMILES string of the molecule is CCC(C(=O)O)n1c(=NC(=O)c2cccc(C(F)(F)F)c2)sc2c(F)c(Cl)ccc21. The summed E-state index contributed by atoms with van der Waals surface area (Å²) in [7, 11) is 0. The van der Waals surface area contributed by atoms with Crippen molar-refractivity contribution in [1.82, 2.24) is 4.57 Å². The van der Waals surface area contributed by atoms with Crippen LogP contribution in [0.4, 0.5) is 17.6 Å². The Morgan fingerprint density at radius 1 is 1.27 bits per heavy atom. The molecule has 2 aromatic carbocycles. The molecule has 5 nitrogen and oxygen atoms in total. The minimum atomic E-state index is -4.65. The van der Waals surface area contributed by atoms with E-state index >= 15 is 0 Å². The van der Waals surface area contributed by atoms with Crippen LogP contribution in [0.3, 0.4) is 0 Å². The molecule has 0 saturated heterocycles. The molecule has 1 unspecified atom stereocenters. The number of amides is 1. The number of alkyl halides is 3. The summed E-state index contributed by atoms with van der Waals surface area (Å²) < 4.78 is 54.4. The van der Waals surface area contributed by atoms with Crippen LogP contribution in [0.15, 0.2) is 41.4 Å². The van der Waals surface area contributed by atoms with E-state index in [4.69, 9.17) is 11.6 Å². The smallest absolute Gasteiger partial charge is 0.416 e. The quantitative estimate of drug-likeness (QED) is 0.538. The number of benzene rings is 2. The van der Waals surface area contributed by atoms with Crippen molar-refractivity contribution in [3.05, 3.63) is 63.2 Å². The predicted molar refractivity (Wildman–Crippen MR) is 103 cm³/mol. The molecule has 30 heavy (non-hydrogen) atoms. The van der Waals surface area contributed by atoms with Gasteiger partial charge in [0.2, 0.25) is 0 Å². The number of carboxylic acid groups (broad SMARTS) is 1. The minimum Gasteiger partial charge on any atom is -0.480 e. The molecular weight excluding hydrogens is 448 g/mol. The lowest BCUT2D eigenvalue weighted by atomic mass is 10.1. The first-order valence-electron chi connectivity index (χ1n) is 8.52. The summed E-state index contributed by atoms with van der Waals surface area (Å²) in [4.78, 5) is 27.9. The molecule has 1 N–H and O–H groups in total. The highest BCUT2D eigenvalue weighted by atomic mass is 35.5. The Hall–Kier alpha value is -2.72. The minimum absolute atomic E-state index is 0.0159. The normalized spacial score (nSPS) is 13.6. The summed E-state index contributed by atoms with van der Waals surface area (Å²) in [5.41, 5.74) is -1.20. The van der Waals surface area contributed by atoms with Gasteiger partial charge in [-0.15, -0.1) is 0 Å². The second-order valence-corrected chi connectivity index (χ2v) is 7.61. The molecule has 0 radical (unpaired) electrons. The lowest BCUT2D eigenvalue weighted by Gasteiger charge is -2.13. The van der Waals surface area contributed by atoms with Gasteiger partial charge in [0, 0.05) is 5.56 Å². The Morgan fingerprint density at radius 3 is 2.57 bits per heavy atom. The average Bonchev–Trinajstić information content (AvgIpc) is 3.03. The van der Waals surface area contributed by atoms with Gasteiger partial charge in [-0.3, -0.25) is 4.79 Å². The van der Waals surface area contributed by atoms with Crippen LogP contribution in [-0.4, -0.2) is 21.6 Å². The monoisotopic (exact) mass is 460 g/mol. The van der Waals surface area contributed by atoms with Gasteiger partial charge in [-0.25, -0.2) is 9.18 Å². The number of fused-ring (bicyclic) bond motifs is 1. The van der Waals surface area contributed by atoms with E-state index in [2.05, 4.69) is 4.99 Å². The van der Waals surface area contributed by atoms with Crippen LogP contribution < -0.4 is 4.80 Å². The topological polar surface area (TPSA) is 71.7 Å². The van der Waals surface area contributed by atoms with Crippen molar-refractivity contribution in [2.75, 3.05) is 0 Å². The number of hydrogen-bond acceptors (Lipinski definition) is 3. The summed E-state index contributed by atoms with van der Waals surface area (Å²) in [5.74, 6) is -3.06. The molecule has 3 rings (SSSR count). The van der Waals surface area contributed by atoms with Crippen molar-refractivity contribution >= 4 is 45.0 Å². The molecular formula is C19H13ClF4N2O3S. The fourth-order valence-electron chi connectivity index (χ4n) is 2.88. The lowest BCUT2D eigenvalue weighted by Crippen LogP contribution is -2.27. The predicted octanol–water partition coefficient (Wildman–Crippen LogP) is 5.29. The highest BCUT2D eigenvalue weighted by Crippen LogP contribution is 2.31. The van der Waals surface area contributed by atoms with Gasteiger partial charge in [0.15, 0.2) is 10.6 Å². The molecule has 1 amide bonds. The number of aromatic nitrogens is 1. The Morgan fingerprint density at radius 2 is 1.97 bits per heavy atom. The third kappa shape index (κ3) is 4.10. The summed E-state index contributed by atoms with van der Waals surface area (Å²) >= 11 is 6.48. The number of aliphatic carboxylic acids is 1. The zero-order valence-electron chi connectivity index (χ0n) is 15.2. The van der Waals surface area contributed by atoms with E-state index in [1.807, 2.05) is 0 Å². The van der Waals surface area contributed by atoms with E-state index < -0.39 is 35.5 Å². The maximum Gasteiger partial charge on any atom is 0.416 e. The molecule has 0 aliphatic carbocycles. The van der Waals surface area contributed by atoms with E-state index in [1.165, 1.54) is 16.7 Å². The number of rotatable bonds is 4. The van der Waals surface area contributed by atoms with E-state index in [1.54, 1.807) is 6.92 Å². The molecule has 3 aromatic rings. The van der Waals surface area contributed by atoms with Gasteiger partial charge in [-0.05, 0) is 36.8 Å². The number of halogens is 5. The summed E-state index contributed by atoms with van der Waals surface area (Å²) in [5, 5.41) is 9.34. The maximum absolute atomic E-state index is 14.5. The van der Waals surface area contributed by atoms with Crippen molar-refractivity contribution in [2.24, 2.45) is 4.99 Å². The fraction of sp³-hybridized carbons (Fsp3) is 0.211. The number of hydrogen-bond donors (Lipinski definition) is 1. The van der Waals surface area contributed by atoms with E-state index in [0.717, 1.165) is 18.2 Å². The van der Waals surface area contributed by atoms with Crippen LogP contribution in [0.25, 0.3) is 10.2 Å². The van der Waals surface area contributed by atoms with E-state index in [-0.39, 0.29) is 32.0 Å². The van der Waals surface area contributed by atoms with Crippen LogP contribution in [-0.2, 0) is 11.0 Å². The van der Waals surface area contributed by atoms with Gasteiger partial charge >= 0.3 is 12.1 Å². The van der Waals surface area contributed by atoms with Crippen LogP contribution in [0.1, 0.15) is 35.3 Å². The molecule has 0 saturated carbocycles. The largest absolute Gasteiger partial charge is 0.480 e. The van der Waals surface area contributed by atoms with E-state index in [0.29, 0.717) is 17.4 Å². The molecule has 158 valence electrons. The zero-order valence-corrected chi connectivity index (χ0v) is 16.8. The first kappa shape index (κ1) is 22.0. The molecule has 0 aliphatic rings. The van der Waals surface area contributed by atoms with Crippen LogP contribution >= 0.6 is 22.9 Å². The second kappa shape index (κ2) is 8.19. The van der Waals surface area contributed by atoms with Gasteiger partial charge in [0.25, 0.3) is 5.91 Å². The van der Waals surface area contributed by atoms with Crippen LogP contribution in [0.5, 0.6) is 0 Å². The fourth-order valence-corrected chi connectivity index (χ4v) is 4.20.